The highest BCUT2D eigenvalue weighted by Gasteiger charge is 2.32. The molecule has 0 aliphatic carbocycles. The standard InChI is InChI=1S/C24H29ClN4O6/c1-5-16-21(25)28-22(26-16)23(31)27-17-10-11-29(13-19(17)34-3)20(30)9-8-14-6-7-15(24(32)35-4)12-18(14)33-2/h6-9,12,17,19H,5,10-11,13H2,1-4H3,(H,26,28)(H,27,31). The third kappa shape index (κ3) is 6.20. The first kappa shape index (κ1) is 26.2. The molecule has 11 heteroatoms. The van der Waals surface area contributed by atoms with Gasteiger partial charge < -0.3 is 29.4 Å². The number of hydrogen-bond acceptors (Lipinski definition) is 7. The second-order valence-corrected chi connectivity index (χ2v) is 8.28. The highest BCUT2D eigenvalue weighted by Crippen LogP contribution is 2.23. The maximum Gasteiger partial charge on any atom is 0.337 e. The van der Waals surface area contributed by atoms with Crippen molar-refractivity contribution in [3.63, 3.8) is 0 Å². The average Bonchev–Trinajstić information content (AvgIpc) is 3.27. The lowest BCUT2D eigenvalue weighted by Gasteiger charge is -2.37. The van der Waals surface area contributed by atoms with Crippen LogP contribution in [0.4, 0.5) is 0 Å². The number of rotatable bonds is 8. The Morgan fingerprint density at radius 3 is 2.69 bits per heavy atom. The molecular weight excluding hydrogens is 476 g/mol. The monoisotopic (exact) mass is 504 g/mol. The molecule has 188 valence electrons. The summed E-state index contributed by atoms with van der Waals surface area (Å²) in [7, 11) is 4.33. The van der Waals surface area contributed by atoms with Crippen LogP contribution in [0, 0.1) is 0 Å². The number of aromatic nitrogens is 2. The van der Waals surface area contributed by atoms with E-state index in [0.29, 0.717) is 48.5 Å². The number of aromatic amines is 1. The van der Waals surface area contributed by atoms with Crippen LogP contribution in [0.1, 0.15) is 45.6 Å². The summed E-state index contributed by atoms with van der Waals surface area (Å²) >= 11 is 6.04. The van der Waals surface area contributed by atoms with Crippen LogP contribution in [0.3, 0.4) is 0 Å². The number of esters is 1. The van der Waals surface area contributed by atoms with Crippen molar-refractivity contribution in [2.45, 2.75) is 31.9 Å². The van der Waals surface area contributed by atoms with Crippen molar-refractivity contribution in [2.75, 3.05) is 34.4 Å². The minimum atomic E-state index is -0.476. The Kier molecular flexibility index (Phi) is 8.89. The fourth-order valence-electron chi connectivity index (χ4n) is 3.85. The maximum atomic E-state index is 12.8. The number of benzene rings is 1. The summed E-state index contributed by atoms with van der Waals surface area (Å²) in [6.45, 7) is 2.66. The Morgan fingerprint density at radius 2 is 2.06 bits per heavy atom. The van der Waals surface area contributed by atoms with Crippen LogP contribution < -0.4 is 10.1 Å². The van der Waals surface area contributed by atoms with Gasteiger partial charge in [-0.25, -0.2) is 9.78 Å². The Bertz CT molecular complexity index is 1120. The van der Waals surface area contributed by atoms with Gasteiger partial charge in [-0.05, 0) is 31.1 Å². The van der Waals surface area contributed by atoms with Crippen molar-refractivity contribution in [1.29, 1.82) is 0 Å². The van der Waals surface area contributed by atoms with E-state index in [2.05, 4.69) is 15.3 Å². The van der Waals surface area contributed by atoms with E-state index in [4.69, 9.17) is 25.8 Å². The highest BCUT2D eigenvalue weighted by atomic mass is 35.5. The Morgan fingerprint density at radius 1 is 1.29 bits per heavy atom. The predicted molar refractivity (Wildman–Crippen MR) is 130 cm³/mol. The molecule has 35 heavy (non-hydrogen) atoms. The topological polar surface area (TPSA) is 123 Å². The molecule has 10 nitrogen and oxygen atoms in total. The van der Waals surface area contributed by atoms with Gasteiger partial charge in [0.1, 0.15) is 5.75 Å². The fraction of sp³-hybridized carbons (Fsp3) is 0.417. The molecule has 1 aromatic carbocycles. The first-order valence-electron chi connectivity index (χ1n) is 11.1. The number of nitrogens with one attached hydrogen (secondary N) is 2. The van der Waals surface area contributed by atoms with Gasteiger partial charge in [0.2, 0.25) is 5.91 Å². The zero-order valence-corrected chi connectivity index (χ0v) is 20.8. The van der Waals surface area contributed by atoms with E-state index in [9.17, 15) is 14.4 Å². The molecule has 2 atom stereocenters. The molecule has 2 N–H and O–H groups in total. The number of methoxy groups -OCH3 is 3. The first-order valence-corrected chi connectivity index (χ1v) is 11.5. The van der Waals surface area contributed by atoms with Gasteiger partial charge in [-0.1, -0.05) is 24.6 Å². The lowest BCUT2D eigenvalue weighted by atomic mass is 10.0. The van der Waals surface area contributed by atoms with Gasteiger partial charge in [0.05, 0.1) is 37.6 Å². The van der Waals surface area contributed by atoms with Gasteiger partial charge in [-0.3, -0.25) is 9.59 Å². The number of likely N-dealkylation sites (tertiary alicyclic amines) is 1. The van der Waals surface area contributed by atoms with Gasteiger partial charge in [-0.2, -0.15) is 0 Å². The third-order valence-electron chi connectivity index (χ3n) is 5.85. The number of H-pyrrole nitrogens is 1. The number of ether oxygens (including phenoxy) is 3. The molecule has 2 unspecified atom stereocenters. The molecule has 1 saturated heterocycles. The molecule has 1 aliphatic heterocycles. The number of carbonyl (C=O) groups excluding carboxylic acids is 3. The molecule has 1 fully saturated rings. The van der Waals surface area contributed by atoms with Gasteiger partial charge in [0.15, 0.2) is 11.0 Å². The lowest BCUT2D eigenvalue weighted by Crippen LogP contribution is -2.55. The van der Waals surface area contributed by atoms with Crippen LogP contribution in [-0.4, -0.2) is 79.2 Å². The van der Waals surface area contributed by atoms with Crippen LogP contribution in [-0.2, 0) is 20.7 Å². The molecule has 1 aromatic heterocycles. The summed E-state index contributed by atoms with van der Waals surface area (Å²) in [5.74, 6) is -0.466. The highest BCUT2D eigenvalue weighted by molar-refractivity contribution is 6.30. The molecule has 2 aromatic rings. The number of hydrogen-bond donors (Lipinski definition) is 2. The van der Waals surface area contributed by atoms with E-state index in [-0.39, 0.29) is 28.8 Å². The van der Waals surface area contributed by atoms with Gasteiger partial charge in [0, 0.05) is 31.8 Å². The van der Waals surface area contributed by atoms with Crippen molar-refractivity contribution in [2.24, 2.45) is 0 Å². The largest absolute Gasteiger partial charge is 0.496 e. The Hall–Kier alpha value is -3.37. The summed E-state index contributed by atoms with van der Waals surface area (Å²) in [6, 6.07) is 4.55. The van der Waals surface area contributed by atoms with Crippen molar-refractivity contribution in [3.05, 3.63) is 52.1 Å². The Balaban J connectivity index is 1.63. The van der Waals surface area contributed by atoms with E-state index in [1.165, 1.54) is 20.3 Å². The quantitative estimate of drug-likeness (QED) is 0.418. The van der Waals surface area contributed by atoms with Crippen LogP contribution in [0.2, 0.25) is 5.15 Å². The lowest BCUT2D eigenvalue weighted by molar-refractivity contribution is -0.130. The molecule has 0 bridgehead atoms. The van der Waals surface area contributed by atoms with E-state index >= 15 is 0 Å². The van der Waals surface area contributed by atoms with E-state index in [0.717, 1.165) is 0 Å². The van der Waals surface area contributed by atoms with Gasteiger partial charge >= 0.3 is 5.97 Å². The van der Waals surface area contributed by atoms with Crippen LogP contribution >= 0.6 is 11.6 Å². The molecule has 1 aliphatic rings. The van der Waals surface area contributed by atoms with Gasteiger partial charge in [-0.15, -0.1) is 0 Å². The van der Waals surface area contributed by atoms with Gasteiger partial charge in [0.25, 0.3) is 5.91 Å². The van der Waals surface area contributed by atoms with Crippen molar-refractivity contribution in [1.82, 2.24) is 20.2 Å². The van der Waals surface area contributed by atoms with Crippen LogP contribution in [0.25, 0.3) is 6.08 Å². The molecule has 0 spiro atoms. The molecule has 2 amide bonds. The van der Waals surface area contributed by atoms with Crippen LogP contribution in [0.15, 0.2) is 24.3 Å². The number of carbonyl (C=O) groups is 3. The van der Waals surface area contributed by atoms with E-state index in [1.807, 2.05) is 6.92 Å². The predicted octanol–water partition coefficient (Wildman–Crippen LogP) is 2.48. The maximum absolute atomic E-state index is 12.8. The number of halogens is 1. The second kappa shape index (κ2) is 11.9. The number of nitrogens with zero attached hydrogens (tertiary/aromatic N) is 2. The zero-order valence-electron chi connectivity index (χ0n) is 20.1. The normalized spacial score (nSPS) is 17.9. The van der Waals surface area contributed by atoms with Crippen molar-refractivity contribution in [3.8, 4) is 5.75 Å². The molecule has 2 heterocycles. The molecule has 0 radical (unpaired) electrons. The number of piperidine rings is 1. The van der Waals surface area contributed by atoms with E-state index < -0.39 is 12.1 Å². The number of amides is 2. The van der Waals surface area contributed by atoms with E-state index in [1.54, 1.807) is 36.3 Å². The summed E-state index contributed by atoms with van der Waals surface area (Å²) < 4.78 is 15.6. The number of imidazole rings is 1. The van der Waals surface area contributed by atoms with Crippen molar-refractivity contribution >= 4 is 35.5 Å². The minimum Gasteiger partial charge on any atom is -0.496 e. The third-order valence-corrected chi connectivity index (χ3v) is 6.16. The van der Waals surface area contributed by atoms with Crippen molar-refractivity contribution < 1.29 is 28.6 Å². The Labute approximate surface area is 208 Å². The van der Waals surface area contributed by atoms with Crippen LogP contribution in [0.5, 0.6) is 5.75 Å². The summed E-state index contributed by atoms with van der Waals surface area (Å²) in [5.41, 5.74) is 1.69. The summed E-state index contributed by atoms with van der Waals surface area (Å²) in [5, 5.41) is 3.21. The minimum absolute atomic E-state index is 0.148. The first-order chi connectivity index (χ1) is 16.8. The zero-order chi connectivity index (χ0) is 25.5. The molecular formula is C24H29ClN4O6. The SMILES string of the molecule is CCc1[nH]c(C(=O)NC2CCN(C(=O)C=Cc3ccc(C(=O)OC)cc3OC)CC2OC)nc1Cl. The second-order valence-electron chi connectivity index (χ2n) is 7.92. The molecule has 0 saturated carbocycles. The summed E-state index contributed by atoms with van der Waals surface area (Å²) in [4.78, 5) is 45.8. The fourth-order valence-corrected chi connectivity index (χ4v) is 4.11. The average molecular weight is 505 g/mol. The molecule has 3 rings (SSSR count). The smallest absolute Gasteiger partial charge is 0.337 e. The summed E-state index contributed by atoms with van der Waals surface area (Å²) in [6.07, 6.45) is 3.82. The number of aryl methyl sites for hydroxylation is 1.